The predicted octanol–water partition coefficient (Wildman–Crippen LogP) is 2.20. The van der Waals surface area contributed by atoms with Crippen LogP contribution in [0.15, 0.2) is 17.7 Å². The van der Waals surface area contributed by atoms with E-state index in [1.165, 1.54) is 0 Å². The summed E-state index contributed by atoms with van der Waals surface area (Å²) in [5.74, 6) is 0. The van der Waals surface area contributed by atoms with Crippen LogP contribution in [0.5, 0.6) is 0 Å². The summed E-state index contributed by atoms with van der Waals surface area (Å²) >= 11 is 5.69. The molecule has 12 heavy (non-hydrogen) atoms. The van der Waals surface area contributed by atoms with Gasteiger partial charge >= 0.3 is 0 Å². The Balaban J connectivity index is 2.50. The van der Waals surface area contributed by atoms with Crippen molar-refractivity contribution in [3.8, 4) is 6.07 Å². The molecule has 0 saturated carbocycles. The second-order valence-electron chi connectivity index (χ2n) is 2.64. The zero-order chi connectivity index (χ0) is 8.55. The molecule has 0 saturated heterocycles. The Bertz CT molecular complexity index is 401. The normalized spacial score (nSPS) is 13.5. The molecular weight excluding hydrogens is 172 g/mol. The van der Waals surface area contributed by atoms with Crippen LogP contribution in [-0.4, -0.2) is 4.98 Å². The Morgan fingerprint density at radius 3 is 3.08 bits per heavy atom. The SMILES string of the molecule is N#CC1=Cc2nc(Cl)ccc2C1. The second kappa shape index (κ2) is 2.62. The minimum Gasteiger partial charge on any atom is -0.236 e. The summed E-state index contributed by atoms with van der Waals surface area (Å²) in [6.45, 7) is 0. The molecule has 58 valence electrons. The molecule has 0 bridgehead atoms. The Morgan fingerprint density at radius 1 is 1.50 bits per heavy atom. The molecule has 1 heterocycles. The lowest BCUT2D eigenvalue weighted by Crippen LogP contribution is -1.85. The molecule has 1 aliphatic rings. The van der Waals surface area contributed by atoms with Gasteiger partial charge in [0.05, 0.1) is 11.8 Å². The summed E-state index contributed by atoms with van der Waals surface area (Å²) in [5, 5.41) is 9.10. The van der Waals surface area contributed by atoms with Crippen molar-refractivity contribution in [2.45, 2.75) is 6.42 Å². The summed E-state index contributed by atoms with van der Waals surface area (Å²) in [5.41, 5.74) is 2.66. The number of halogens is 1. The van der Waals surface area contributed by atoms with Crippen molar-refractivity contribution in [3.63, 3.8) is 0 Å². The third-order valence-corrected chi connectivity index (χ3v) is 2.02. The maximum absolute atomic E-state index is 8.63. The highest BCUT2D eigenvalue weighted by Gasteiger charge is 2.12. The van der Waals surface area contributed by atoms with Gasteiger partial charge in [-0.2, -0.15) is 5.26 Å². The highest BCUT2D eigenvalue weighted by atomic mass is 35.5. The third-order valence-electron chi connectivity index (χ3n) is 1.81. The monoisotopic (exact) mass is 176 g/mol. The molecule has 1 aromatic rings. The predicted molar refractivity (Wildman–Crippen MR) is 46.5 cm³/mol. The first-order valence-electron chi connectivity index (χ1n) is 3.55. The van der Waals surface area contributed by atoms with Gasteiger partial charge in [-0.1, -0.05) is 17.7 Å². The fourth-order valence-corrected chi connectivity index (χ4v) is 1.40. The van der Waals surface area contributed by atoms with E-state index in [2.05, 4.69) is 11.1 Å². The van der Waals surface area contributed by atoms with Crippen molar-refractivity contribution in [2.24, 2.45) is 0 Å². The molecule has 0 spiro atoms. The van der Waals surface area contributed by atoms with E-state index in [1.54, 1.807) is 12.1 Å². The number of fused-ring (bicyclic) bond motifs is 1. The average molecular weight is 177 g/mol. The Hall–Kier alpha value is -1.33. The maximum Gasteiger partial charge on any atom is 0.129 e. The van der Waals surface area contributed by atoms with Gasteiger partial charge in [0.1, 0.15) is 5.15 Å². The van der Waals surface area contributed by atoms with Gasteiger partial charge in [-0.3, -0.25) is 0 Å². The first-order valence-corrected chi connectivity index (χ1v) is 3.93. The molecule has 3 heteroatoms. The van der Waals surface area contributed by atoms with Gasteiger partial charge < -0.3 is 0 Å². The molecule has 0 fully saturated rings. The number of pyridine rings is 1. The van der Waals surface area contributed by atoms with Gasteiger partial charge in [0.25, 0.3) is 0 Å². The Labute approximate surface area is 75.1 Å². The molecule has 1 aromatic heterocycles. The van der Waals surface area contributed by atoms with Gasteiger partial charge in [-0.15, -0.1) is 0 Å². The molecule has 0 aromatic carbocycles. The lowest BCUT2D eigenvalue weighted by Gasteiger charge is -1.95. The zero-order valence-corrected chi connectivity index (χ0v) is 6.97. The molecule has 0 unspecified atom stereocenters. The van der Waals surface area contributed by atoms with E-state index in [9.17, 15) is 0 Å². The highest BCUT2D eigenvalue weighted by Crippen LogP contribution is 2.23. The molecule has 1 aliphatic carbocycles. The van der Waals surface area contributed by atoms with Crippen LogP contribution in [0.1, 0.15) is 11.3 Å². The summed E-state index contributed by atoms with van der Waals surface area (Å²) < 4.78 is 0. The van der Waals surface area contributed by atoms with Gasteiger partial charge in [0, 0.05) is 12.0 Å². The minimum absolute atomic E-state index is 0.476. The topological polar surface area (TPSA) is 36.7 Å². The van der Waals surface area contributed by atoms with Crippen LogP contribution < -0.4 is 0 Å². The van der Waals surface area contributed by atoms with Crippen LogP contribution in [0.25, 0.3) is 6.08 Å². The fraction of sp³-hybridized carbons (Fsp3) is 0.111. The van der Waals surface area contributed by atoms with Crippen molar-refractivity contribution >= 4 is 17.7 Å². The van der Waals surface area contributed by atoms with Crippen LogP contribution >= 0.6 is 11.6 Å². The van der Waals surface area contributed by atoms with Crippen LogP contribution in [0.4, 0.5) is 0 Å². The second-order valence-corrected chi connectivity index (χ2v) is 3.02. The van der Waals surface area contributed by atoms with Gasteiger partial charge in [-0.25, -0.2) is 4.98 Å². The molecule has 0 N–H and O–H groups in total. The fourth-order valence-electron chi connectivity index (χ4n) is 1.25. The number of nitrogens with zero attached hydrogens (tertiary/aromatic N) is 2. The Morgan fingerprint density at radius 2 is 2.33 bits per heavy atom. The van der Waals surface area contributed by atoms with Crippen LogP contribution in [-0.2, 0) is 6.42 Å². The zero-order valence-electron chi connectivity index (χ0n) is 6.21. The van der Waals surface area contributed by atoms with Crippen molar-refractivity contribution < 1.29 is 0 Å². The first kappa shape index (κ1) is 7.33. The van der Waals surface area contributed by atoms with Crippen molar-refractivity contribution in [1.82, 2.24) is 4.98 Å². The van der Waals surface area contributed by atoms with E-state index < -0.39 is 0 Å². The molecule has 2 nitrogen and oxygen atoms in total. The number of aromatic nitrogens is 1. The number of allylic oxidation sites excluding steroid dienone is 1. The van der Waals surface area contributed by atoms with E-state index in [1.807, 2.05) is 6.07 Å². The van der Waals surface area contributed by atoms with Gasteiger partial charge in [0.2, 0.25) is 0 Å². The van der Waals surface area contributed by atoms with E-state index >= 15 is 0 Å². The lowest BCUT2D eigenvalue weighted by molar-refractivity contribution is 1.19. The third kappa shape index (κ3) is 1.09. The lowest BCUT2D eigenvalue weighted by atomic mass is 10.2. The van der Waals surface area contributed by atoms with Crippen molar-refractivity contribution in [1.29, 1.82) is 5.26 Å². The van der Waals surface area contributed by atoms with Crippen molar-refractivity contribution in [2.75, 3.05) is 0 Å². The summed E-state index contributed by atoms with van der Waals surface area (Å²) in [7, 11) is 0. The molecule has 0 amide bonds. The standard InChI is InChI=1S/C9H5ClN2/c10-9-2-1-7-3-6(5-11)4-8(7)12-9/h1-2,4H,3H2. The van der Waals surface area contributed by atoms with E-state index in [-0.39, 0.29) is 0 Å². The maximum atomic E-state index is 8.63. The molecular formula is C9H5ClN2. The van der Waals surface area contributed by atoms with Crippen LogP contribution in [0, 0.1) is 11.3 Å². The van der Waals surface area contributed by atoms with E-state index in [0.717, 1.165) is 16.8 Å². The van der Waals surface area contributed by atoms with Gasteiger partial charge in [0.15, 0.2) is 0 Å². The molecule has 0 atom stereocenters. The van der Waals surface area contributed by atoms with Crippen LogP contribution in [0.3, 0.4) is 0 Å². The largest absolute Gasteiger partial charge is 0.236 e. The van der Waals surface area contributed by atoms with Crippen LogP contribution in [0.2, 0.25) is 5.15 Å². The number of rotatable bonds is 0. The number of nitriles is 1. The smallest absolute Gasteiger partial charge is 0.129 e. The summed E-state index contributed by atoms with van der Waals surface area (Å²) in [6, 6.07) is 5.76. The summed E-state index contributed by atoms with van der Waals surface area (Å²) in [4.78, 5) is 4.09. The minimum atomic E-state index is 0.476. The first-order chi connectivity index (χ1) is 5.79. The number of hydrogen-bond donors (Lipinski definition) is 0. The average Bonchev–Trinajstić information content (AvgIpc) is 2.46. The van der Waals surface area contributed by atoms with Crippen molar-refractivity contribution in [3.05, 3.63) is 34.1 Å². The van der Waals surface area contributed by atoms with E-state index in [4.69, 9.17) is 16.9 Å². The summed E-state index contributed by atoms with van der Waals surface area (Å²) in [6.07, 6.45) is 2.47. The quantitative estimate of drug-likeness (QED) is 0.569. The molecule has 2 rings (SSSR count). The van der Waals surface area contributed by atoms with Gasteiger partial charge in [-0.05, 0) is 17.7 Å². The van der Waals surface area contributed by atoms with E-state index in [0.29, 0.717) is 11.6 Å². The highest BCUT2D eigenvalue weighted by molar-refractivity contribution is 6.29. The molecule has 0 aliphatic heterocycles. The molecule has 0 radical (unpaired) electrons. The Kier molecular flexibility index (Phi) is 1.60. The number of hydrogen-bond acceptors (Lipinski definition) is 2.